The topological polar surface area (TPSA) is 46.6 Å². The van der Waals surface area contributed by atoms with Crippen LogP contribution in [-0.2, 0) is 9.53 Å². The summed E-state index contributed by atoms with van der Waals surface area (Å²) in [6.07, 6.45) is 4.27. The third-order valence-electron chi connectivity index (χ3n) is 3.87. The van der Waals surface area contributed by atoms with Gasteiger partial charge in [-0.15, -0.1) is 0 Å². The minimum Gasteiger partial charge on any atom is -0.378 e. The molecule has 1 amide bonds. The van der Waals surface area contributed by atoms with Crippen LogP contribution in [0.5, 0.6) is 0 Å². The molecule has 5 heteroatoms. The van der Waals surface area contributed by atoms with Crippen molar-refractivity contribution in [2.75, 3.05) is 18.1 Å². The van der Waals surface area contributed by atoms with E-state index in [1.807, 2.05) is 0 Å². The van der Waals surface area contributed by atoms with Crippen molar-refractivity contribution in [1.29, 1.82) is 0 Å². The number of ketones is 1. The maximum Gasteiger partial charge on any atom is 0.299 e. The van der Waals surface area contributed by atoms with E-state index in [1.165, 1.54) is 0 Å². The van der Waals surface area contributed by atoms with Crippen molar-refractivity contribution < 1.29 is 14.3 Å². The number of amides is 1. The van der Waals surface area contributed by atoms with Crippen molar-refractivity contribution in [2.45, 2.75) is 31.8 Å². The molecule has 0 N–H and O–H groups in total. The van der Waals surface area contributed by atoms with Gasteiger partial charge in [0.15, 0.2) is 0 Å². The standard InChI is InChI=1S/C15H16ClNO3/c16-10-5-6-12-13(9-10)17(15(19)14(12)18)7-1-3-11-4-2-8-20-11/h5-6,9,11H,1-4,7-8H2. The lowest BCUT2D eigenvalue weighted by atomic mass is 10.1. The summed E-state index contributed by atoms with van der Waals surface area (Å²) in [6, 6.07) is 4.95. The minimum absolute atomic E-state index is 0.308. The fraction of sp³-hybridized carbons (Fsp3) is 0.467. The van der Waals surface area contributed by atoms with Crippen LogP contribution < -0.4 is 4.90 Å². The second kappa shape index (κ2) is 5.54. The van der Waals surface area contributed by atoms with Crippen LogP contribution in [0.4, 0.5) is 5.69 Å². The number of halogens is 1. The molecule has 4 nitrogen and oxygen atoms in total. The van der Waals surface area contributed by atoms with Gasteiger partial charge in [-0.3, -0.25) is 9.59 Å². The van der Waals surface area contributed by atoms with Gasteiger partial charge in [0.1, 0.15) is 0 Å². The molecular weight excluding hydrogens is 278 g/mol. The smallest absolute Gasteiger partial charge is 0.299 e. The molecule has 106 valence electrons. The first-order chi connectivity index (χ1) is 9.66. The third-order valence-corrected chi connectivity index (χ3v) is 4.10. The lowest BCUT2D eigenvalue weighted by Gasteiger charge is -2.17. The van der Waals surface area contributed by atoms with Crippen LogP contribution in [0.3, 0.4) is 0 Å². The molecule has 2 aliphatic rings. The number of Topliss-reactive ketones (excluding diaryl/α,β-unsaturated/α-hetero) is 1. The molecule has 1 aromatic carbocycles. The summed E-state index contributed by atoms with van der Waals surface area (Å²) in [5.41, 5.74) is 1.09. The van der Waals surface area contributed by atoms with Crippen LogP contribution in [0.2, 0.25) is 5.02 Å². The molecule has 2 heterocycles. The number of nitrogens with zero attached hydrogens (tertiary/aromatic N) is 1. The number of carbonyl (C=O) groups is 2. The number of hydrogen-bond acceptors (Lipinski definition) is 3. The van der Waals surface area contributed by atoms with Crippen molar-refractivity contribution in [3.63, 3.8) is 0 Å². The van der Waals surface area contributed by atoms with Gasteiger partial charge in [-0.1, -0.05) is 11.6 Å². The van der Waals surface area contributed by atoms with Gasteiger partial charge in [-0.2, -0.15) is 0 Å². The predicted octanol–water partition coefficient (Wildman–Crippen LogP) is 2.83. The average molecular weight is 294 g/mol. The maximum atomic E-state index is 12.0. The first-order valence-electron chi connectivity index (χ1n) is 6.94. The highest BCUT2D eigenvalue weighted by molar-refractivity contribution is 6.52. The van der Waals surface area contributed by atoms with Gasteiger partial charge in [0.2, 0.25) is 0 Å². The molecule has 20 heavy (non-hydrogen) atoms. The zero-order valence-electron chi connectivity index (χ0n) is 11.1. The highest BCUT2D eigenvalue weighted by Gasteiger charge is 2.35. The quantitative estimate of drug-likeness (QED) is 0.802. The van der Waals surface area contributed by atoms with Crippen LogP contribution in [0.15, 0.2) is 18.2 Å². The summed E-state index contributed by atoms with van der Waals surface area (Å²) in [7, 11) is 0. The SMILES string of the molecule is O=C1C(=O)N(CCCC2CCCO2)c2cc(Cl)ccc21. The van der Waals surface area contributed by atoms with Gasteiger partial charge < -0.3 is 9.64 Å². The van der Waals surface area contributed by atoms with Crippen molar-refractivity contribution in [3.05, 3.63) is 28.8 Å². The molecule has 0 saturated carbocycles. The van der Waals surface area contributed by atoms with Gasteiger partial charge in [0, 0.05) is 18.2 Å². The molecule has 1 aromatic rings. The molecule has 2 aliphatic heterocycles. The van der Waals surface area contributed by atoms with Gasteiger partial charge in [0.05, 0.1) is 17.4 Å². The maximum absolute atomic E-state index is 12.0. The molecule has 0 aromatic heterocycles. The summed E-state index contributed by atoms with van der Waals surface area (Å²) in [4.78, 5) is 25.4. The van der Waals surface area contributed by atoms with E-state index in [-0.39, 0.29) is 0 Å². The number of benzene rings is 1. The summed E-state index contributed by atoms with van der Waals surface area (Å²) in [6.45, 7) is 1.38. The Morgan fingerprint density at radius 2 is 2.20 bits per heavy atom. The van der Waals surface area contributed by atoms with Crippen LogP contribution in [-0.4, -0.2) is 30.9 Å². The van der Waals surface area contributed by atoms with E-state index in [4.69, 9.17) is 16.3 Å². The van der Waals surface area contributed by atoms with E-state index in [1.54, 1.807) is 23.1 Å². The second-order valence-electron chi connectivity index (χ2n) is 5.22. The molecule has 0 bridgehead atoms. The van der Waals surface area contributed by atoms with E-state index in [2.05, 4.69) is 0 Å². The Hall–Kier alpha value is -1.39. The summed E-state index contributed by atoms with van der Waals surface area (Å²) < 4.78 is 5.56. The van der Waals surface area contributed by atoms with E-state index in [0.717, 1.165) is 32.3 Å². The lowest BCUT2D eigenvalue weighted by molar-refractivity contribution is -0.114. The van der Waals surface area contributed by atoms with Gasteiger partial charge in [-0.05, 0) is 43.9 Å². The molecule has 3 rings (SSSR count). The van der Waals surface area contributed by atoms with Crippen molar-refractivity contribution in [3.8, 4) is 0 Å². The normalized spacial score (nSPS) is 21.6. The highest BCUT2D eigenvalue weighted by Crippen LogP contribution is 2.32. The van der Waals surface area contributed by atoms with E-state index in [0.29, 0.717) is 28.9 Å². The largest absolute Gasteiger partial charge is 0.378 e. The molecular formula is C15H16ClNO3. The number of ether oxygens (including phenoxy) is 1. The van der Waals surface area contributed by atoms with E-state index >= 15 is 0 Å². The molecule has 1 fully saturated rings. The van der Waals surface area contributed by atoms with Gasteiger partial charge in [0.25, 0.3) is 11.7 Å². The van der Waals surface area contributed by atoms with E-state index < -0.39 is 11.7 Å². The summed E-state index contributed by atoms with van der Waals surface area (Å²) in [5.74, 6) is -0.886. The summed E-state index contributed by atoms with van der Waals surface area (Å²) in [5, 5.41) is 0.537. The van der Waals surface area contributed by atoms with Crippen LogP contribution >= 0.6 is 11.6 Å². The van der Waals surface area contributed by atoms with E-state index in [9.17, 15) is 9.59 Å². The van der Waals surface area contributed by atoms with Gasteiger partial charge in [-0.25, -0.2) is 0 Å². The number of hydrogen-bond donors (Lipinski definition) is 0. The molecule has 0 radical (unpaired) electrons. The van der Waals surface area contributed by atoms with Crippen LogP contribution in [0, 0.1) is 0 Å². The number of carbonyl (C=O) groups excluding carboxylic acids is 2. The number of rotatable bonds is 4. The third kappa shape index (κ3) is 2.45. The first kappa shape index (κ1) is 13.6. The molecule has 0 spiro atoms. The molecule has 1 saturated heterocycles. The predicted molar refractivity (Wildman–Crippen MR) is 76.3 cm³/mol. The fourth-order valence-corrected chi connectivity index (χ4v) is 3.00. The van der Waals surface area contributed by atoms with Crippen molar-refractivity contribution in [2.24, 2.45) is 0 Å². The van der Waals surface area contributed by atoms with Crippen LogP contribution in [0.25, 0.3) is 0 Å². The van der Waals surface area contributed by atoms with Gasteiger partial charge >= 0.3 is 0 Å². The van der Waals surface area contributed by atoms with Crippen LogP contribution in [0.1, 0.15) is 36.0 Å². The number of fused-ring (bicyclic) bond motifs is 1. The average Bonchev–Trinajstić information content (AvgIpc) is 3.02. The highest BCUT2D eigenvalue weighted by atomic mass is 35.5. The molecule has 1 unspecified atom stereocenters. The Morgan fingerprint density at radius 1 is 1.35 bits per heavy atom. The van der Waals surface area contributed by atoms with Crippen molar-refractivity contribution in [1.82, 2.24) is 0 Å². The Bertz CT molecular complexity index is 552. The first-order valence-corrected chi connectivity index (χ1v) is 7.32. The fourth-order valence-electron chi connectivity index (χ4n) is 2.84. The lowest BCUT2D eigenvalue weighted by Crippen LogP contribution is -2.31. The van der Waals surface area contributed by atoms with Crippen molar-refractivity contribution >= 4 is 29.0 Å². The molecule has 0 aliphatic carbocycles. The Balaban J connectivity index is 1.68. The zero-order valence-corrected chi connectivity index (χ0v) is 11.9. The summed E-state index contributed by atoms with van der Waals surface area (Å²) >= 11 is 5.95. The second-order valence-corrected chi connectivity index (χ2v) is 5.66. The Labute approximate surface area is 122 Å². The zero-order chi connectivity index (χ0) is 14.1. The number of anilines is 1. The molecule has 1 atom stereocenters. The Morgan fingerprint density at radius 3 is 2.95 bits per heavy atom. The minimum atomic E-state index is -0.449. The monoisotopic (exact) mass is 293 g/mol. The Kier molecular flexibility index (Phi) is 3.76.